The van der Waals surface area contributed by atoms with Crippen LogP contribution in [0.1, 0.15) is 28.6 Å². The number of hydrogen-bond acceptors (Lipinski definition) is 3. The van der Waals surface area contributed by atoms with E-state index in [4.69, 9.17) is 0 Å². The molecule has 2 aromatic heterocycles. The van der Waals surface area contributed by atoms with Crippen LogP contribution in [0, 0.1) is 13.8 Å². The second-order valence-electron chi connectivity index (χ2n) is 4.22. The average Bonchev–Trinajstić information content (AvgIpc) is 2.30. The summed E-state index contributed by atoms with van der Waals surface area (Å²) >= 11 is 0. The van der Waals surface area contributed by atoms with E-state index in [2.05, 4.69) is 21.4 Å². The molecule has 0 bridgehead atoms. The Morgan fingerprint density at radius 1 is 1.18 bits per heavy atom. The van der Waals surface area contributed by atoms with Crippen LogP contribution in [0.5, 0.6) is 0 Å². The molecule has 2 heterocycles. The number of aryl methyl sites for hydroxylation is 2. The van der Waals surface area contributed by atoms with Crippen molar-refractivity contribution in [2.75, 3.05) is 7.05 Å². The molecule has 0 saturated heterocycles. The smallest absolute Gasteiger partial charge is 0.0764 e. The third-order valence-corrected chi connectivity index (χ3v) is 2.72. The van der Waals surface area contributed by atoms with Gasteiger partial charge < -0.3 is 5.32 Å². The van der Waals surface area contributed by atoms with Gasteiger partial charge in [0.1, 0.15) is 0 Å². The molecule has 17 heavy (non-hydrogen) atoms. The van der Waals surface area contributed by atoms with E-state index in [1.165, 1.54) is 0 Å². The quantitative estimate of drug-likeness (QED) is 0.875. The van der Waals surface area contributed by atoms with Crippen LogP contribution in [0.25, 0.3) is 0 Å². The van der Waals surface area contributed by atoms with Crippen LogP contribution < -0.4 is 5.32 Å². The average molecular weight is 227 g/mol. The van der Waals surface area contributed by atoms with E-state index in [9.17, 15) is 0 Å². The topological polar surface area (TPSA) is 37.8 Å². The fourth-order valence-corrected chi connectivity index (χ4v) is 1.95. The Kier molecular flexibility index (Phi) is 3.49. The lowest BCUT2D eigenvalue weighted by molar-refractivity contribution is 0.665. The SMILES string of the molecule is CNC(c1cncc(C)c1)c1cccc(C)n1. The first-order valence-corrected chi connectivity index (χ1v) is 5.73. The number of nitrogens with one attached hydrogen (secondary N) is 1. The fraction of sp³-hybridized carbons (Fsp3) is 0.286. The van der Waals surface area contributed by atoms with E-state index in [0.29, 0.717) is 0 Å². The van der Waals surface area contributed by atoms with Crippen LogP contribution in [-0.2, 0) is 0 Å². The van der Waals surface area contributed by atoms with Gasteiger partial charge in [-0.15, -0.1) is 0 Å². The van der Waals surface area contributed by atoms with Gasteiger partial charge in [-0.1, -0.05) is 12.1 Å². The summed E-state index contributed by atoms with van der Waals surface area (Å²) in [6.07, 6.45) is 3.75. The van der Waals surface area contributed by atoms with Gasteiger partial charge in [0.25, 0.3) is 0 Å². The molecule has 3 nitrogen and oxygen atoms in total. The van der Waals surface area contributed by atoms with E-state index in [0.717, 1.165) is 22.5 Å². The molecule has 1 unspecified atom stereocenters. The largest absolute Gasteiger partial charge is 0.308 e. The first-order chi connectivity index (χ1) is 8.20. The minimum Gasteiger partial charge on any atom is -0.308 e. The summed E-state index contributed by atoms with van der Waals surface area (Å²) in [6.45, 7) is 4.05. The minimum absolute atomic E-state index is 0.0994. The number of pyridine rings is 2. The maximum absolute atomic E-state index is 4.56. The van der Waals surface area contributed by atoms with E-state index >= 15 is 0 Å². The molecule has 1 N–H and O–H groups in total. The molecule has 2 rings (SSSR count). The zero-order valence-corrected chi connectivity index (χ0v) is 10.4. The molecule has 0 aliphatic rings. The van der Waals surface area contributed by atoms with Gasteiger partial charge in [-0.3, -0.25) is 9.97 Å². The Bertz CT molecular complexity index is 463. The number of rotatable bonds is 3. The fourth-order valence-electron chi connectivity index (χ4n) is 1.95. The van der Waals surface area contributed by atoms with Crippen molar-refractivity contribution in [2.24, 2.45) is 0 Å². The van der Waals surface area contributed by atoms with E-state index < -0.39 is 0 Å². The summed E-state index contributed by atoms with van der Waals surface area (Å²) in [5.74, 6) is 0. The van der Waals surface area contributed by atoms with Crippen LogP contribution in [-0.4, -0.2) is 17.0 Å². The first-order valence-electron chi connectivity index (χ1n) is 5.73. The lowest BCUT2D eigenvalue weighted by Gasteiger charge is -2.16. The second-order valence-corrected chi connectivity index (χ2v) is 4.22. The van der Waals surface area contributed by atoms with Crippen molar-refractivity contribution in [3.63, 3.8) is 0 Å². The summed E-state index contributed by atoms with van der Waals surface area (Å²) in [5, 5.41) is 3.29. The summed E-state index contributed by atoms with van der Waals surface area (Å²) < 4.78 is 0. The molecule has 3 heteroatoms. The summed E-state index contributed by atoms with van der Waals surface area (Å²) in [7, 11) is 1.94. The second kappa shape index (κ2) is 5.06. The monoisotopic (exact) mass is 227 g/mol. The summed E-state index contributed by atoms with van der Waals surface area (Å²) in [5.41, 5.74) is 4.37. The molecule has 1 atom stereocenters. The highest BCUT2D eigenvalue weighted by Crippen LogP contribution is 2.20. The number of hydrogen-bond donors (Lipinski definition) is 1. The van der Waals surface area contributed by atoms with Crippen molar-refractivity contribution >= 4 is 0 Å². The van der Waals surface area contributed by atoms with Gasteiger partial charge >= 0.3 is 0 Å². The molecule has 0 aromatic carbocycles. The molecule has 0 aliphatic carbocycles. The van der Waals surface area contributed by atoms with Crippen molar-refractivity contribution in [3.8, 4) is 0 Å². The molecule has 0 fully saturated rings. The van der Waals surface area contributed by atoms with Gasteiger partial charge in [0.15, 0.2) is 0 Å². The van der Waals surface area contributed by atoms with Crippen LogP contribution in [0.2, 0.25) is 0 Å². The number of aromatic nitrogens is 2. The third-order valence-electron chi connectivity index (χ3n) is 2.72. The van der Waals surface area contributed by atoms with Crippen LogP contribution >= 0.6 is 0 Å². The predicted octanol–water partition coefficient (Wildman–Crippen LogP) is 2.40. The maximum atomic E-state index is 4.56. The normalized spacial score (nSPS) is 12.4. The van der Waals surface area contributed by atoms with Crippen molar-refractivity contribution in [2.45, 2.75) is 19.9 Å². The summed E-state index contributed by atoms with van der Waals surface area (Å²) in [4.78, 5) is 8.79. The molecule has 0 saturated carbocycles. The first kappa shape index (κ1) is 11.7. The highest BCUT2D eigenvalue weighted by molar-refractivity contribution is 5.28. The molecule has 0 amide bonds. The van der Waals surface area contributed by atoms with Gasteiger partial charge in [-0.25, -0.2) is 0 Å². The van der Waals surface area contributed by atoms with E-state index in [1.54, 1.807) is 0 Å². The van der Waals surface area contributed by atoms with Crippen LogP contribution in [0.4, 0.5) is 0 Å². The van der Waals surface area contributed by atoms with Gasteiger partial charge in [0, 0.05) is 18.1 Å². The molecular formula is C14H17N3. The zero-order chi connectivity index (χ0) is 12.3. The Hall–Kier alpha value is -1.74. The van der Waals surface area contributed by atoms with Crippen molar-refractivity contribution in [1.29, 1.82) is 0 Å². The Labute approximate surface area is 102 Å². The van der Waals surface area contributed by atoms with Gasteiger partial charge in [-0.05, 0) is 44.2 Å². The maximum Gasteiger partial charge on any atom is 0.0764 e. The van der Waals surface area contributed by atoms with E-state index in [-0.39, 0.29) is 6.04 Å². The Morgan fingerprint density at radius 3 is 2.65 bits per heavy atom. The van der Waals surface area contributed by atoms with E-state index in [1.807, 2.05) is 51.5 Å². The Balaban J connectivity index is 2.40. The molecule has 2 aromatic rings. The molecular weight excluding hydrogens is 210 g/mol. The van der Waals surface area contributed by atoms with Crippen LogP contribution in [0.15, 0.2) is 36.7 Å². The van der Waals surface area contributed by atoms with Crippen molar-refractivity contribution in [3.05, 3.63) is 59.2 Å². The van der Waals surface area contributed by atoms with Crippen molar-refractivity contribution in [1.82, 2.24) is 15.3 Å². The molecule has 0 radical (unpaired) electrons. The lowest BCUT2D eigenvalue weighted by atomic mass is 10.0. The Morgan fingerprint density at radius 2 is 2.00 bits per heavy atom. The molecule has 0 spiro atoms. The lowest BCUT2D eigenvalue weighted by Crippen LogP contribution is -2.19. The highest BCUT2D eigenvalue weighted by atomic mass is 14.9. The number of nitrogens with zero attached hydrogens (tertiary/aromatic N) is 2. The minimum atomic E-state index is 0.0994. The third kappa shape index (κ3) is 2.68. The summed E-state index contributed by atoms with van der Waals surface area (Å²) in [6, 6.07) is 8.31. The van der Waals surface area contributed by atoms with Crippen molar-refractivity contribution < 1.29 is 0 Å². The highest BCUT2D eigenvalue weighted by Gasteiger charge is 2.13. The zero-order valence-electron chi connectivity index (χ0n) is 10.4. The predicted molar refractivity (Wildman–Crippen MR) is 68.9 cm³/mol. The van der Waals surface area contributed by atoms with Crippen LogP contribution in [0.3, 0.4) is 0 Å². The standard InChI is InChI=1S/C14H17N3/c1-10-7-12(9-16-8-10)14(15-3)13-6-4-5-11(2)17-13/h4-9,14-15H,1-3H3. The van der Waals surface area contributed by atoms with Gasteiger partial charge in [-0.2, -0.15) is 0 Å². The molecule has 0 aliphatic heterocycles. The molecule has 88 valence electrons. The van der Waals surface area contributed by atoms with Gasteiger partial charge in [0.05, 0.1) is 11.7 Å². The van der Waals surface area contributed by atoms with Gasteiger partial charge in [0.2, 0.25) is 0 Å².